The van der Waals surface area contributed by atoms with Crippen LogP contribution in [-0.4, -0.2) is 42.1 Å². The zero-order chi connectivity index (χ0) is 18.6. The Morgan fingerprint density at radius 3 is 2.52 bits per heavy atom. The van der Waals surface area contributed by atoms with Gasteiger partial charge in [0.05, 0.1) is 12.5 Å². The largest absolute Gasteiger partial charge is 0.496 e. The lowest BCUT2D eigenvalue weighted by Crippen LogP contribution is -2.40. The Hall–Kier alpha value is -2.04. The van der Waals surface area contributed by atoms with Crippen LogP contribution in [0, 0.1) is 17.3 Å². The van der Waals surface area contributed by atoms with Crippen molar-refractivity contribution in [3.05, 3.63) is 29.8 Å². The summed E-state index contributed by atoms with van der Waals surface area (Å²) < 4.78 is 5.37. The number of carbonyl (C=O) groups excluding carboxylic acids is 1. The van der Waals surface area contributed by atoms with E-state index in [1.165, 1.54) is 0 Å². The molecule has 2 unspecified atom stereocenters. The van der Waals surface area contributed by atoms with Crippen molar-refractivity contribution in [2.45, 2.75) is 40.0 Å². The summed E-state index contributed by atoms with van der Waals surface area (Å²) in [6.45, 7) is 6.75. The standard InChI is InChI=1S/C20H29NO4/c1-14(2)20(19(23)24)9-10-21(13-20)18(22)12-15(3)11-16-7-5-6-8-17(16)25-4/h5-8,14-15H,9-13H2,1-4H3,(H,23,24). The Morgan fingerprint density at radius 1 is 1.28 bits per heavy atom. The van der Waals surface area contributed by atoms with Crippen LogP contribution < -0.4 is 4.74 Å². The van der Waals surface area contributed by atoms with Crippen LogP contribution >= 0.6 is 0 Å². The molecule has 1 aromatic rings. The number of rotatable bonds is 7. The molecule has 1 aliphatic rings. The molecule has 2 rings (SSSR count). The molecule has 0 aromatic heterocycles. The number of carbonyl (C=O) groups is 2. The lowest BCUT2D eigenvalue weighted by atomic mass is 9.76. The number of hydrogen-bond acceptors (Lipinski definition) is 3. The van der Waals surface area contributed by atoms with Crippen LogP contribution in [0.3, 0.4) is 0 Å². The molecule has 0 aliphatic carbocycles. The third kappa shape index (κ3) is 4.14. The van der Waals surface area contributed by atoms with E-state index in [4.69, 9.17) is 4.74 Å². The summed E-state index contributed by atoms with van der Waals surface area (Å²) in [5, 5.41) is 9.62. The minimum Gasteiger partial charge on any atom is -0.496 e. The van der Waals surface area contributed by atoms with Gasteiger partial charge >= 0.3 is 5.97 Å². The first-order valence-electron chi connectivity index (χ1n) is 8.93. The van der Waals surface area contributed by atoms with E-state index in [1.54, 1.807) is 12.0 Å². The Kier molecular flexibility index (Phi) is 6.09. The molecule has 1 aliphatic heterocycles. The van der Waals surface area contributed by atoms with Crippen LogP contribution in [0.25, 0.3) is 0 Å². The first kappa shape index (κ1) is 19.3. The number of likely N-dealkylation sites (tertiary alicyclic amines) is 1. The van der Waals surface area contributed by atoms with E-state index in [0.717, 1.165) is 17.7 Å². The summed E-state index contributed by atoms with van der Waals surface area (Å²) in [5.74, 6) is 0.273. The summed E-state index contributed by atoms with van der Waals surface area (Å²) >= 11 is 0. The first-order chi connectivity index (χ1) is 11.8. The van der Waals surface area contributed by atoms with Crippen LogP contribution in [0.1, 0.15) is 39.2 Å². The number of ether oxygens (including phenoxy) is 1. The van der Waals surface area contributed by atoms with Gasteiger partial charge in [0.1, 0.15) is 5.75 Å². The highest BCUT2D eigenvalue weighted by atomic mass is 16.5. The van der Waals surface area contributed by atoms with Crippen LogP contribution in [0.15, 0.2) is 24.3 Å². The molecule has 1 aromatic carbocycles. The molecule has 25 heavy (non-hydrogen) atoms. The van der Waals surface area contributed by atoms with E-state index in [0.29, 0.717) is 25.9 Å². The number of carboxylic acids is 1. The predicted octanol–water partition coefficient (Wildman–Crippen LogP) is 3.22. The Morgan fingerprint density at radius 2 is 1.96 bits per heavy atom. The second kappa shape index (κ2) is 7.89. The van der Waals surface area contributed by atoms with Crippen LogP contribution in [0.5, 0.6) is 5.75 Å². The van der Waals surface area contributed by atoms with Crippen LogP contribution in [-0.2, 0) is 16.0 Å². The maximum absolute atomic E-state index is 12.6. The van der Waals surface area contributed by atoms with Crippen molar-refractivity contribution >= 4 is 11.9 Å². The second-order valence-corrected chi connectivity index (χ2v) is 7.51. The van der Waals surface area contributed by atoms with E-state index in [1.807, 2.05) is 45.0 Å². The lowest BCUT2D eigenvalue weighted by molar-refractivity contribution is -0.151. The predicted molar refractivity (Wildman–Crippen MR) is 96.6 cm³/mol. The average Bonchev–Trinajstić information content (AvgIpc) is 3.02. The SMILES string of the molecule is COc1ccccc1CC(C)CC(=O)N1CCC(C(=O)O)(C(C)C)C1. The van der Waals surface area contributed by atoms with Crippen molar-refractivity contribution < 1.29 is 19.4 Å². The molecule has 0 saturated carbocycles. The normalized spacial score (nSPS) is 21.4. The zero-order valence-corrected chi connectivity index (χ0v) is 15.6. The highest BCUT2D eigenvalue weighted by Crippen LogP contribution is 2.38. The Bertz CT molecular complexity index is 628. The molecular formula is C20H29NO4. The molecular weight excluding hydrogens is 318 g/mol. The number of para-hydroxylation sites is 1. The number of benzene rings is 1. The summed E-state index contributed by atoms with van der Waals surface area (Å²) in [6, 6.07) is 7.84. The van der Waals surface area contributed by atoms with E-state index in [-0.39, 0.29) is 17.7 Å². The highest BCUT2D eigenvalue weighted by molar-refractivity contribution is 5.81. The number of nitrogens with zero attached hydrogens (tertiary/aromatic N) is 1. The highest BCUT2D eigenvalue weighted by Gasteiger charge is 2.48. The monoisotopic (exact) mass is 347 g/mol. The van der Waals surface area contributed by atoms with E-state index in [2.05, 4.69) is 0 Å². The van der Waals surface area contributed by atoms with Crippen LogP contribution in [0.4, 0.5) is 0 Å². The zero-order valence-electron chi connectivity index (χ0n) is 15.6. The molecule has 5 heteroatoms. The van der Waals surface area contributed by atoms with Gasteiger partial charge in [-0.1, -0.05) is 39.0 Å². The van der Waals surface area contributed by atoms with E-state index in [9.17, 15) is 14.7 Å². The first-order valence-corrected chi connectivity index (χ1v) is 8.93. The van der Waals surface area contributed by atoms with Gasteiger partial charge in [0, 0.05) is 19.5 Å². The van der Waals surface area contributed by atoms with Gasteiger partial charge in [-0.3, -0.25) is 9.59 Å². The second-order valence-electron chi connectivity index (χ2n) is 7.51. The number of hydrogen-bond donors (Lipinski definition) is 1. The fraction of sp³-hybridized carbons (Fsp3) is 0.600. The van der Waals surface area contributed by atoms with Crippen molar-refractivity contribution in [2.75, 3.05) is 20.2 Å². The average molecular weight is 347 g/mol. The summed E-state index contributed by atoms with van der Waals surface area (Å²) in [5.41, 5.74) is 0.287. The number of methoxy groups -OCH3 is 1. The molecule has 0 bridgehead atoms. The summed E-state index contributed by atoms with van der Waals surface area (Å²) in [6.07, 6.45) is 1.72. The van der Waals surface area contributed by atoms with Gasteiger partial charge < -0.3 is 14.7 Å². The molecule has 0 radical (unpaired) electrons. The van der Waals surface area contributed by atoms with Crippen molar-refractivity contribution in [3.8, 4) is 5.75 Å². The van der Waals surface area contributed by atoms with Crippen molar-refractivity contribution in [1.29, 1.82) is 0 Å². The molecule has 1 heterocycles. The van der Waals surface area contributed by atoms with E-state index >= 15 is 0 Å². The smallest absolute Gasteiger partial charge is 0.311 e. The lowest BCUT2D eigenvalue weighted by Gasteiger charge is -2.29. The third-order valence-corrected chi connectivity index (χ3v) is 5.47. The van der Waals surface area contributed by atoms with Gasteiger partial charge in [-0.25, -0.2) is 0 Å². The third-order valence-electron chi connectivity index (χ3n) is 5.47. The van der Waals surface area contributed by atoms with E-state index < -0.39 is 11.4 Å². The Labute approximate surface area is 150 Å². The fourth-order valence-corrected chi connectivity index (χ4v) is 3.69. The molecule has 2 atom stereocenters. The van der Waals surface area contributed by atoms with Gasteiger partial charge in [0.2, 0.25) is 5.91 Å². The minimum atomic E-state index is -0.804. The van der Waals surface area contributed by atoms with Crippen LogP contribution in [0.2, 0.25) is 0 Å². The van der Waals surface area contributed by atoms with Gasteiger partial charge in [-0.15, -0.1) is 0 Å². The molecule has 1 amide bonds. The molecule has 1 fully saturated rings. The molecule has 1 N–H and O–H groups in total. The molecule has 138 valence electrons. The van der Waals surface area contributed by atoms with Gasteiger partial charge in [-0.05, 0) is 36.3 Å². The number of aliphatic carboxylic acids is 1. The van der Waals surface area contributed by atoms with Crippen molar-refractivity contribution in [3.63, 3.8) is 0 Å². The molecule has 0 spiro atoms. The fourth-order valence-electron chi connectivity index (χ4n) is 3.69. The molecule has 1 saturated heterocycles. The van der Waals surface area contributed by atoms with Gasteiger partial charge in [0.25, 0.3) is 0 Å². The number of amides is 1. The maximum atomic E-state index is 12.6. The molecule has 5 nitrogen and oxygen atoms in total. The maximum Gasteiger partial charge on any atom is 0.311 e. The minimum absolute atomic E-state index is 0.00815. The van der Waals surface area contributed by atoms with Crippen molar-refractivity contribution in [1.82, 2.24) is 4.90 Å². The number of carboxylic acid groups (broad SMARTS) is 1. The summed E-state index contributed by atoms with van der Waals surface area (Å²) in [7, 11) is 1.65. The summed E-state index contributed by atoms with van der Waals surface area (Å²) in [4.78, 5) is 26.1. The van der Waals surface area contributed by atoms with Gasteiger partial charge in [-0.2, -0.15) is 0 Å². The van der Waals surface area contributed by atoms with Crippen molar-refractivity contribution in [2.24, 2.45) is 17.3 Å². The van der Waals surface area contributed by atoms with Gasteiger partial charge in [0.15, 0.2) is 0 Å². The quantitative estimate of drug-likeness (QED) is 0.822. The Balaban J connectivity index is 1.97. The topological polar surface area (TPSA) is 66.8 Å².